The number of hydrogen-bond donors (Lipinski definition) is 2. The van der Waals surface area contributed by atoms with Crippen molar-refractivity contribution in [2.75, 3.05) is 10.6 Å². The summed E-state index contributed by atoms with van der Waals surface area (Å²) in [6, 6.07) is 8.99. The molecule has 4 heteroatoms. The highest BCUT2D eigenvalue weighted by atomic mass is 16.1. The highest BCUT2D eigenvalue weighted by molar-refractivity contribution is 5.94. The number of nitrogens with zero attached hydrogens (tertiary/aromatic N) is 1. The summed E-state index contributed by atoms with van der Waals surface area (Å²) in [5.41, 5.74) is 3.28. The summed E-state index contributed by atoms with van der Waals surface area (Å²) in [5.74, 6) is 0.347. The molecule has 1 aliphatic carbocycles. The molecule has 0 atom stereocenters. The Hall–Kier alpha value is -2.02. The molecule has 0 saturated heterocycles. The molecule has 1 saturated carbocycles. The van der Waals surface area contributed by atoms with E-state index in [-0.39, 0.29) is 11.8 Å². The molecule has 0 bridgehead atoms. The molecule has 2 N–H and O–H groups in total. The summed E-state index contributed by atoms with van der Waals surface area (Å²) >= 11 is 0. The molecule has 1 aliphatic heterocycles. The lowest BCUT2D eigenvalue weighted by Crippen LogP contribution is -2.26. The highest BCUT2D eigenvalue weighted by Crippen LogP contribution is 2.29. The third kappa shape index (κ3) is 2.77. The minimum atomic E-state index is 0.105. The van der Waals surface area contributed by atoms with Crippen molar-refractivity contribution < 1.29 is 4.79 Å². The molecular weight excluding hydrogens is 250 g/mol. The largest absolute Gasteiger partial charge is 0.382 e. The molecule has 0 radical (unpaired) electrons. The lowest BCUT2D eigenvalue weighted by molar-refractivity contribution is -0.116. The molecule has 3 rings (SSSR count). The minimum absolute atomic E-state index is 0.105. The summed E-state index contributed by atoms with van der Waals surface area (Å²) in [6.07, 6.45) is 5.50. The van der Waals surface area contributed by atoms with E-state index in [9.17, 15) is 4.79 Å². The fourth-order valence-electron chi connectivity index (χ4n) is 3.08. The van der Waals surface area contributed by atoms with Gasteiger partial charge in [0.05, 0.1) is 6.07 Å². The Kier molecular flexibility index (Phi) is 3.60. The molecule has 1 aromatic carbocycles. The SMILES string of the molecule is N#CC1CCC(Nc2ccc3c(c2)CCC(=O)N3)CC1. The van der Waals surface area contributed by atoms with E-state index in [1.807, 2.05) is 12.1 Å². The van der Waals surface area contributed by atoms with Crippen molar-refractivity contribution in [2.24, 2.45) is 5.92 Å². The van der Waals surface area contributed by atoms with E-state index in [0.717, 1.165) is 43.5 Å². The molecule has 1 heterocycles. The number of nitriles is 1. The van der Waals surface area contributed by atoms with E-state index in [1.165, 1.54) is 5.56 Å². The van der Waals surface area contributed by atoms with Crippen LogP contribution in [-0.4, -0.2) is 11.9 Å². The fourth-order valence-corrected chi connectivity index (χ4v) is 3.08. The normalized spacial score (nSPS) is 25.2. The van der Waals surface area contributed by atoms with E-state index in [2.05, 4.69) is 22.8 Å². The van der Waals surface area contributed by atoms with E-state index >= 15 is 0 Å². The number of anilines is 2. The standard InChI is InChI=1S/C16H19N3O/c17-10-11-1-4-13(5-2-11)18-14-6-7-15-12(9-14)3-8-16(20)19-15/h6-7,9,11,13,18H,1-5,8H2,(H,19,20). The second kappa shape index (κ2) is 5.54. The first kappa shape index (κ1) is 13.0. The van der Waals surface area contributed by atoms with Gasteiger partial charge < -0.3 is 10.6 Å². The number of carbonyl (C=O) groups excluding carboxylic acids is 1. The first-order valence-corrected chi connectivity index (χ1v) is 7.33. The summed E-state index contributed by atoms with van der Waals surface area (Å²) < 4.78 is 0. The molecule has 1 fully saturated rings. The molecule has 0 spiro atoms. The quantitative estimate of drug-likeness (QED) is 0.867. The Balaban J connectivity index is 1.64. The molecule has 20 heavy (non-hydrogen) atoms. The van der Waals surface area contributed by atoms with E-state index < -0.39 is 0 Å². The van der Waals surface area contributed by atoms with Gasteiger partial charge in [-0.1, -0.05) is 0 Å². The monoisotopic (exact) mass is 269 g/mol. The Morgan fingerprint density at radius 1 is 1.20 bits per heavy atom. The number of aryl methyl sites for hydroxylation is 1. The lowest BCUT2D eigenvalue weighted by atomic mass is 9.87. The zero-order valence-electron chi connectivity index (χ0n) is 11.5. The highest BCUT2D eigenvalue weighted by Gasteiger charge is 2.21. The number of rotatable bonds is 2. The second-order valence-corrected chi connectivity index (χ2v) is 5.74. The molecule has 1 aromatic rings. The van der Waals surface area contributed by atoms with Gasteiger partial charge in [-0.05, 0) is 55.9 Å². The van der Waals surface area contributed by atoms with Crippen molar-refractivity contribution in [1.29, 1.82) is 5.26 Å². The Morgan fingerprint density at radius 2 is 2.00 bits per heavy atom. The second-order valence-electron chi connectivity index (χ2n) is 5.74. The van der Waals surface area contributed by atoms with Crippen LogP contribution in [0.2, 0.25) is 0 Å². The van der Waals surface area contributed by atoms with Crippen molar-refractivity contribution >= 4 is 17.3 Å². The maximum Gasteiger partial charge on any atom is 0.224 e. The summed E-state index contributed by atoms with van der Waals surface area (Å²) in [5, 5.41) is 15.4. The van der Waals surface area contributed by atoms with Gasteiger partial charge in [0.1, 0.15) is 0 Å². The Labute approximate surface area is 119 Å². The third-order valence-corrected chi connectivity index (χ3v) is 4.28. The average molecular weight is 269 g/mol. The first-order valence-electron chi connectivity index (χ1n) is 7.33. The van der Waals surface area contributed by atoms with Gasteiger partial charge in [0.15, 0.2) is 0 Å². The average Bonchev–Trinajstić information content (AvgIpc) is 2.48. The van der Waals surface area contributed by atoms with E-state index in [0.29, 0.717) is 12.5 Å². The summed E-state index contributed by atoms with van der Waals surface area (Å²) in [6.45, 7) is 0. The van der Waals surface area contributed by atoms with Gasteiger partial charge in [-0.25, -0.2) is 0 Å². The summed E-state index contributed by atoms with van der Waals surface area (Å²) in [4.78, 5) is 11.3. The topological polar surface area (TPSA) is 64.9 Å². The molecule has 2 aliphatic rings. The number of fused-ring (bicyclic) bond motifs is 1. The number of amides is 1. The zero-order chi connectivity index (χ0) is 13.9. The first-order chi connectivity index (χ1) is 9.74. The van der Waals surface area contributed by atoms with Crippen LogP contribution in [0.1, 0.15) is 37.7 Å². The Morgan fingerprint density at radius 3 is 2.75 bits per heavy atom. The number of nitrogens with one attached hydrogen (secondary N) is 2. The van der Waals surface area contributed by atoms with Crippen molar-refractivity contribution in [3.8, 4) is 6.07 Å². The van der Waals surface area contributed by atoms with E-state index in [1.54, 1.807) is 0 Å². The van der Waals surface area contributed by atoms with Crippen LogP contribution in [0.25, 0.3) is 0 Å². The maximum atomic E-state index is 11.3. The van der Waals surface area contributed by atoms with Crippen molar-refractivity contribution in [3.05, 3.63) is 23.8 Å². The van der Waals surface area contributed by atoms with Crippen LogP contribution in [0.15, 0.2) is 18.2 Å². The minimum Gasteiger partial charge on any atom is -0.382 e. The van der Waals surface area contributed by atoms with Crippen molar-refractivity contribution in [3.63, 3.8) is 0 Å². The molecule has 1 amide bonds. The van der Waals surface area contributed by atoms with Gasteiger partial charge in [0.2, 0.25) is 5.91 Å². The van der Waals surface area contributed by atoms with Crippen LogP contribution in [0.5, 0.6) is 0 Å². The fraction of sp³-hybridized carbons (Fsp3) is 0.500. The van der Waals surface area contributed by atoms with Gasteiger partial charge in [0.25, 0.3) is 0 Å². The van der Waals surface area contributed by atoms with E-state index in [4.69, 9.17) is 5.26 Å². The predicted molar refractivity (Wildman–Crippen MR) is 78.4 cm³/mol. The van der Waals surface area contributed by atoms with Crippen LogP contribution in [0.4, 0.5) is 11.4 Å². The molecule has 0 aromatic heterocycles. The van der Waals surface area contributed by atoms with Crippen LogP contribution in [-0.2, 0) is 11.2 Å². The van der Waals surface area contributed by atoms with Gasteiger partial charge in [-0.15, -0.1) is 0 Å². The number of hydrogen-bond acceptors (Lipinski definition) is 3. The van der Waals surface area contributed by atoms with Gasteiger partial charge in [-0.2, -0.15) is 5.26 Å². The zero-order valence-corrected chi connectivity index (χ0v) is 11.5. The third-order valence-electron chi connectivity index (χ3n) is 4.28. The van der Waals surface area contributed by atoms with Crippen LogP contribution >= 0.6 is 0 Å². The molecule has 104 valence electrons. The molecule has 0 unspecified atom stereocenters. The lowest BCUT2D eigenvalue weighted by Gasteiger charge is -2.27. The van der Waals surface area contributed by atoms with Crippen LogP contribution in [0, 0.1) is 17.2 Å². The summed E-state index contributed by atoms with van der Waals surface area (Å²) in [7, 11) is 0. The van der Waals surface area contributed by atoms with Crippen molar-refractivity contribution in [2.45, 2.75) is 44.6 Å². The molecule has 4 nitrogen and oxygen atoms in total. The van der Waals surface area contributed by atoms with Crippen LogP contribution < -0.4 is 10.6 Å². The van der Waals surface area contributed by atoms with Gasteiger partial charge in [-0.3, -0.25) is 4.79 Å². The van der Waals surface area contributed by atoms with Gasteiger partial charge in [0, 0.05) is 29.8 Å². The molecular formula is C16H19N3O. The van der Waals surface area contributed by atoms with Crippen molar-refractivity contribution in [1.82, 2.24) is 0 Å². The van der Waals surface area contributed by atoms with Gasteiger partial charge >= 0.3 is 0 Å². The smallest absolute Gasteiger partial charge is 0.224 e. The van der Waals surface area contributed by atoms with Crippen LogP contribution in [0.3, 0.4) is 0 Å². The maximum absolute atomic E-state index is 11.3. The number of benzene rings is 1. The Bertz CT molecular complexity index is 553. The number of carbonyl (C=O) groups is 1. The predicted octanol–water partition coefficient (Wildman–Crippen LogP) is 3.07.